The fraction of sp³-hybridized carbons (Fsp3) is 0.625. The van der Waals surface area contributed by atoms with Gasteiger partial charge in [-0.1, -0.05) is 17.7 Å². The molecule has 2 aliphatic heterocycles. The number of ether oxygens (including phenoxy) is 1. The summed E-state index contributed by atoms with van der Waals surface area (Å²) in [6.07, 6.45) is 0.00376. The van der Waals surface area contributed by atoms with E-state index in [1.807, 2.05) is 0 Å². The van der Waals surface area contributed by atoms with Crippen molar-refractivity contribution < 1.29 is 23.4 Å². The van der Waals surface area contributed by atoms with E-state index in [9.17, 15) is 18.6 Å². The number of hydrogen-bond donors (Lipinski definition) is 2. The highest BCUT2D eigenvalue weighted by Crippen LogP contribution is 2.40. The van der Waals surface area contributed by atoms with E-state index in [4.69, 9.17) is 16.3 Å². The SMILES string of the molecule is C[C@@]1(O)CCOC2(CCN(S(=O)(=O)c3cccc(Cl)c3)CC2)[C@H]1O. The highest BCUT2D eigenvalue weighted by atomic mass is 35.5. The van der Waals surface area contributed by atoms with Gasteiger partial charge in [-0.05, 0) is 38.0 Å². The normalized spacial score (nSPS) is 31.2. The van der Waals surface area contributed by atoms with Crippen LogP contribution in [0.15, 0.2) is 29.2 Å². The molecule has 0 aliphatic carbocycles. The molecule has 2 fully saturated rings. The molecular weight excluding hydrogens is 354 g/mol. The summed E-state index contributed by atoms with van der Waals surface area (Å²) in [6, 6.07) is 6.17. The number of benzene rings is 1. The molecule has 134 valence electrons. The first kappa shape index (κ1) is 18.1. The summed E-state index contributed by atoms with van der Waals surface area (Å²) in [4.78, 5) is 0.156. The Morgan fingerprint density at radius 2 is 1.96 bits per heavy atom. The third-order valence-corrected chi connectivity index (χ3v) is 7.22. The van der Waals surface area contributed by atoms with Crippen molar-refractivity contribution in [2.45, 2.75) is 48.4 Å². The fourth-order valence-electron chi connectivity index (χ4n) is 3.54. The third-order valence-electron chi connectivity index (χ3n) is 5.09. The van der Waals surface area contributed by atoms with Crippen LogP contribution in [0.1, 0.15) is 26.2 Å². The zero-order valence-corrected chi connectivity index (χ0v) is 15.1. The first-order valence-electron chi connectivity index (χ1n) is 7.98. The maximum atomic E-state index is 12.7. The Morgan fingerprint density at radius 1 is 1.29 bits per heavy atom. The zero-order valence-electron chi connectivity index (χ0n) is 13.5. The lowest BCUT2D eigenvalue weighted by molar-refractivity contribution is -0.243. The molecule has 2 heterocycles. The average Bonchev–Trinajstić information content (AvgIpc) is 2.53. The number of rotatable bonds is 2. The molecule has 8 heteroatoms. The number of aliphatic hydroxyl groups excluding tert-OH is 1. The minimum Gasteiger partial charge on any atom is -0.387 e. The number of halogens is 1. The van der Waals surface area contributed by atoms with Crippen LogP contribution in [0.2, 0.25) is 5.02 Å². The van der Waals surface area contributed by atoms with Gasteiger partial charge in [-0.25, -0.2) is 8.42 Å². The Bertz CT molecular complexity index is 713. The Kier molecular flexibility index (Phi) is 4.70. The van der Waals surface area contributed by atoms with Gasteiger partial charge in [-0.3, -0.25) is 0 Å². The van der Waals surface area contributed by atoms with Crippen LogP contribution in [0.5, 0.6) is 0 Å². The predicted molar refractivity (Wildman–Crippen MR) is 89.4 cm³/mol. The summed E-state index contributed by atoms with van der Waals surface area (Å²) >= 11 is 5.89. The van der Waals surface area contributed by atoms with E-state index in [1.54, 1.807) is 19.1 Å². The molecule has 0 saturated carbocycles. The van der Waals surface area contributed by atoms with Crippen molar-refractivity contribution in [1.82, 2.24) is 4.31 Å². The molecule has 2 aliphatic rings. The number of aliphatic hydroxyl groups is 2. The fourth-order valence-corrected chi connectivity index (χ4v) is 5.29. The van der Waals surface area contributed by atoms with E-state index in [-0.39, 0.29) is 18.0 Å². The van der Waals surface area contributed by atoms with Crippen LogP contribution in [0, 0.1) is 0 Å². The third kappa shape index (κ3) is 3.09. The minimum absolute atomic E-state index is 0.156. The number of piperidine rings is 1. The van der Waals surface area contributed by atoms with Gasteiger partial charge >= 0.3 is 0 Å². The van der Waals surface area contributed by atoms with Crippen LogP contribution < -0.4 is 0 Å². The number of hydrogen-bond acceptors (Lipinski definition) is 5. The molecule has 3 rings (SSSR count). The summed E-state index contributed by atoms with van der Waals surface area (Å²) < 4.78 is 32.6. The quantitative estimate of drug-likeness (QED) is 0.815. The molecule has 0 aromatic heterocycles. The number of nitrogens with zero attached hydrogens (tertiary/aromatic N) is 1. The molecule has 24 heavy (non-hydrogen) atoms. The van der Waals surface area contributed by atoms with Crippen molar-refractivity contribution in [1.29, 1.82) is 0 Å². The molecule has 2 N–H and O–H groups in total. The van der Waals surface area contributed by atoms with E-state index in [2.05, 4.69) is 0 Å². The summed E-state index contributed by atoms with van der Waals surface area (Å²) in [5.41, 5.74) is -2.10. The van der Waals surface area contributed by atoms with E-state index in [0.29, 0.717) is 30.9 Å². The van der Waals surface area contributed by atoms with E-state index >= 15 is 0 Å². The lowest BCUT2D eigenvalue weighted by atomic mass is 9.75. The predicted octanol–water partition coefficient (Wildman–Crippen LogP) is 1.40. The van der Waals surface area contributed by atoms with E-state index in [1.165, 1.54) is 16.4 Å². The monoisotopic (exact) mass is 375 g/mol. The van der Waals surface area contributed by atoms with Gasteiger partial charge in [0.25, 0.3) is 0 Å². The Labute approximate surface area is 147 Å². The molecule has 2 saturated heterocycles. The first-order chi connectivity index (χ1) is 11.2. The van der Waals surface area contributed by atoms with Crippen LogP contribution >= 0.6 is 11.6 Å². The van der Waals surface area contributed by atoms with Crippen LogP contribution in [0.25, 0.3) is 0 Å². The molecule has 6 nitrogen and oxygen atoms in total. The lowest BCUT2D eigenvalue weighted by Crippen LogP contribution is -2.64. The van der Waals surface area contributed by atoms with Crippen molar-refractivity contribution in [3.05, 3.63) is 29.3 Å². The average molecular weight is 376 g/mol. The molecule has 2 atom stereocenters. The van der Waals surface area contributed by atoms with Gasteiger partial charge in [-0.15, -0.1) is 0 Å². The molecular formula is C16H22ClNO5S. The highest BCUT2D eigenvalue weighted by Gasteiger charge is 2.53. The van der Waals surface area contributed by atoms with Crippen molar-refractivity contribution in [2.75, 3.05) is 19.7 Å². The summed E-state index contributed by atoms with van der Waals surface area (Å²) in [5.74, 6) is 0. The molecule has 0 radical (unpaired) electrons. The second-order valence-electron chi connectivity index (χ2n) is 6.78. The number of sulfonamides is 1. The standard InChI is InChI=1S/C16H22ClNO5S/c1-15(20)7-10-23-16(14(15)19)5-8-18(9-6-16)24(21,22)13-4-2-3-12(17)11-13/h2-4,11,14,19-20H,5-10H2,1H3/t14-,15+/m0/s1. The van der Waals surface area contributed by atoms with Crippen molar-refractivity contribution >= 4 is 21.6 Å². The molecule has 0 bridgehead atoms. The van der Waals surface area contributed by atoms with Crippen LogP contribution in [-0.2, 0) is 14.8 Å². The van der Waals surface area contributed by atoms with Crippen molar-refractivity contribution in [3.63, 3.8) is 0 Å². The summed E-state index contributed by atoms with van der Waals surface area (Å²) in [6.45, 7) is 2.39. The van der Waals surface area contributed by atoms with Gasteiger partial charge < -0.3 is 14.9 Å². The van der Waals surface area contributed by atoms with Crippen molar-refractivity contribution in [2.24, 2.45) is 0 Å². The Hall–Kier alpha value is -0.700. The van der Waals surface area contributed by atoms with E-state index < -0.39 is 27.3 Å². The van der Waals surface area contributed by atoms with E-state index in [0.717, 1.165) is 0 Å². The molecule has 0 amide bonds. The summed E-state index contributed by atoms with van der Waals surface area (Å²) in [5, 5.41) is 21.2. The highest BCUT2D eigenvalue weighted by molar-refractivity contribution is 7.89. The van der Waals surface area contributed by atoms with Crippen LogP contribution in [0.3, 0.4) is 0 Å². The zero-order chi connectivity index (χ0) is 17.6. The summed E-state index contributed by atoms with van der Waals surface area (Å²) in [7, 11) is -3.64. The van der Waals surface area contributed by atoms with Crippen molar-refractivity contribution in [3.8, 4) is 0 Å². The lowest BCUT2D eigenvalue weighted by Gasteiger charge is -2.51. The van der Waals surface area contributed by atoms with Crippen LogP contribution in [0.4, 0.5) is 0 Å². The van der Waals surface area contributed by atoms with Crippen LogP contribution in [-0.4, -0.2) is 59.9 Å². The smallest absolute Gasteiger partial charge is 0.243 e. The maximum Gasteiger partial charge on any atom is 0.243 e. The maximum absolute atomic E-state index is 12.7. The Balaban J connectivity index is 1.78. The second kappa shape index (κ2) is 6.23. The molecule has 1 aromatic carbocycles. The van der Waals surface area contributed by atoms with Gasteiger partial charge in [0.05, 0.1) is 22.7 Å². The van der Waals surface area contributed by atoms with Gasteiger partial charge in [0.15, 0.2) is 0 Å². The van der Waals surface area contributed by atoms with Gasteiger partial charge in [-0.2, -0.15) is 4.31 Å². The molecule has 1 spiro atoms. The Morgan fingerprint density at radius 3 is 2.58 bits per heavy atom. The first-order valence-corrected chi connectivity index (χ1v) is 9.79. The molecule has 1 aromatic rings. The molecule has 0 unspecified atom stereocenters. The van der Waals surface area contributed by atoms with Gasteiger partial charge in [0.2, 0.25) is 10.0 Å². The topological polar surface area (TPSA) is 87.1 Å². The largest absolute Gasteiger partial charge is 0.387 e. The second-order valence-corrected chi connectivity index (χ2v) is 9.16. The van der Waals surface area contributed by atoms with Gasteiger partial charge in [0.1, 0.15) is 6.10 Å². The van der Waals surface area contributed by atoms with Gasteiger partial charge in [0, 0.05) is 24.5 Å². The minimum atomic E-state index is -3.64.